The number of carbonyl (C=O) groups excluding carboxylic acids is 1. The molecule has 1 fully saturated rings. The highest BCUT2D eigenvalue weighted by molar-refractivity contribution is 7.66. The van der Waals surface area contributed by atoms with E-state index in [1.165, 1.54) is 17.2 Å². The SMILES string of the molecule is CN(CCCC(=O)NCCCCCCNc1ncnc2c1ncn2[C@@H]1O[C@H](COP(=O)(O)OP(=O)(O)OP(=O)(O)O)[C@@H](O)[C@H]1O)c1ccc2nc3ccc(=[N+](C)C)cc-3sc2c1. The van der Waals surface area contributed by atoms with Crippen molar-refractivity contribution in [3.05, 3.63) is 54.4 Å². The molecule has 338 valence electrons. The average molecular weight is 945 g/mol. The highest BCUT2D eigenvalue weighted by Gasteiger charge is 2.47. The van der Waals surface area contributed by atoms with Crippen molar-refractivity contribution in [1.82, 2.24) is 34.4 Å². The van der Waals surface area contributed by atoms with Gasteiger partial charge in [-0.2, -0.15) is 8.62 Å². The van der Waals surface area contributed by atoms with E-state index in [1.807, 2.05) is 27.2 Å². The fourth-order valence-corrected chi connectivity index (χ4v) is 10.6. The lowest BCUT2D eigenvalue weighted by Crippen LogP contribution is -2.33. The lowest BCUT2D eigenvalue weighted by atomic mass is 10.1. The number of phosphoric acid groups is 3. The number of aliphatic hydroxyl groups excluding tert-OH is 2. The number of anilines is 2. The van der Waals surface area contributed by atoms with E-state index in [1.54, 1.807) is 11.3 Å². The molecule has 0 spiro atoms. The Morgan fingerprint density at radius 2 is 1.69 bits per heavy atom. The zero-order chi connectivity index (χ0) is 44.8. The van der Waals surface area contributed by atoms with Gasteiger partial charge < -0.3 is 50.1 Å². The Morgan fingerprint density at radius 1 is 0.935 bits per heavy atom. The molecule has 0 bridgehead atoms. The van der Waals surface area contributed by atoms with Crippen molar-refractivity contribution < 1.29 is 66.2 Å². The van der Waals surface area contributed by atoms with Crippen molar-refractivity contribution in [2.24, 2.45) is 0 Å². The van der Waals surface area contributed by atoms with Crippen LogP contribution in [0.4, 0.5) is 11.5 Å². The second-order valence-corrected chi connectivity index (χ2v) is 20.1. The number of unbranched alkanes of at least 4 members (excludes halogenated alkanes) is 3. The van der Waals surface area contributed by atoms with Gasteiger partial charge in [0.2, 0.25) is 11.3 Å². The number of phosphoric ester groups is 1. The van der Waals surface area contributed by atoms with Crippen LogP contribution in [0.3, 0.4) is 0 Å². The molecule has 1 aliphatic carbocycles. The molecule has 2 unspecified atom stereocenters. The average Bonchev–Trinajstić information content (AvgIpc) is 3.75. The number of hydrogen-bond acceptors (Lipinski definition) is 17. The predicted molar refractivity (Wildman–Crippen MR) is 227 cm³/mol. The summed E-state index contributed by atoms with van der Waals surface area (Å²) in [6.07, 6.45) is 0.938. The third-order valence-corrected chi connectivity index (χ3v) is 14.6. The van der Waals surface area contributed by atoms with Gasteiger partial charge in [-0.25, -0.2) is 38.2 Å². The quantitative estimate of drug-likeness (QED) is 0.0227. The van der Waals surface area contributed by atoms with Crippen molar-refractivity contribution in [3.63, 3.8) is 0 Å². The fraction of sp³-hybridized carbons (Fsp3) is 0.486. The van der Waals surface area contributed by atoms with Crippen LogP contribution in [0.1, 0.15) is 44.8 Å². The fourth-order valence-electron chi connectivity index (χ4n) is 6.59. The summed E-state index contributed by atoms with van der Waals surface area (Å²) in [7, 11) is -10.8. The Morgan fingerprint density at radius 3 is 2.44 bits per heavy atom. The number of hydrogen-bond donors (Lipinski definition) is 8. The number of carbonyl (C=O) groups is 1. The first-order chi connectivity index (χ1) is 29.3. The number of aromatic nitrogens is 5. The molecule has 23 nitrogen and oxygen atoms in total. The van der Waals surface area contributed by atoms with Crippen LogP contribution in [0.15, 0.2) is 49.1 Å². The molecule has 2 aromatic heterocycles. The van der Waals surface area contributed by atoms with Crippen LogP contribution < -0.4 is 25.5 Å². The number of benzene rings is 2. The number of amides is 1. The number of aliphatic hydroxyl groups is 2. The van der Waals surface area contributed by atoms with Gasteiger partial charge in [-0.1, -0.05) is 12.8 Å². The molecule has 62 heavy (non-hydrogen) atoms. The van der Waals surface area contributed by atoms with Gasteiger partial charge in [-0.05, 0) is 43.5 Å². The van der Waals surface area contributed by atoms with Crippen molar-refractivity contribution in [3.8, 4) is 10.6 Å². The standard InChI is InChI=1S/C35H48N9O14P3S/c1-42(2)22-10-12-24-27(17-22)62-28-18-23(11-13-25(28)41-24)43(3)16-8-9-29(45)36-14-6-4-5-7-15-37-33-30-34(39-20-38-33)44(21-40-30)35-32(47)31(46)26(56-35)19-55-60(51,52)58-61(53,54)57-59(48,49)50/h10-13,17-18,20-21,26,31-32,35,46-47H,4-9,14-16,19H2,1-3H3,(H5-,36,37,38,39,45,48,49,50,51,52,53,54)/p+1/t26-,31-,32-,35-/m1/s1. The van der Waals surface area contributed by atoms with E-state index in [4.69, 9.17) is 19.5 Å². The molecule has 1 amide bonds. The monoisotopic (exact) mass is 944 g/mol. The summed E-state index contributed by atoms with van der Waals surface area (Å²) in [6.45, 7) is 0.886. The first-order valence-electron chi connectivity index (χ1n) is 19.3. The minimum Gasteiger partial charge on any atom is -0.387 e. The third kappa shape index (κ3) is 12.7. The molecule has 4 heterocycles. The van der Waals surface area contributed by atoms with Crippen molar-refractivity contribution in [1.29, 1.82) is 0 Å². The molecule has 27 heteroatoms. The Balaban J connectivity index is 0.881. The molecule has 1 saturated heterocycles. The molecular weight excluding hydrogens is 895 g/mol. The van der Waals surface area contributed by atoms with Crippen LogP contribution in [0.2, 0.25) is 0 Å². The molecule has 1 aromatic carbocycles. The normalized spacial score (nSPS) is 20.0. The van der Waals surface area contributed by atoms with Crippen molar-refractivity contribution in [2.45, 2.75) is 63.1 Å². The third-order valence-electron chi connectivity index (χ3n) is 9.71. The van der Waals surface area contributed by atoms with Crippen LogP contribution in [0.5, 0.6) is 0 Å². The second kappa shape index (κ2) is 20.3. The highest BCUT2D eigenvalue weighted by Crippen LogP contribution is 2.66. The first kappa shape index (κ1) is 47.6. The van der Waals surface area contributed by atoms with Gasteiger partial charge in [0.1, 0.15) is 38.7 Å². The van der Waals surface area contributed by atoms with E-state index in [0.29, 0.717) is 37.3 Å². The Kier molecular flexibility index (Phi) is 15.6. The molecule has 2 aliphatic heterocycles. The van der Waals surface area contributed by atoms with Crippen LogP contribution >= 0.6 is 34.8 Å². The minimum absolute atomic E-state index is 0.0177. The lowest BCUT2D eigenvalue weighted by molar-refractivity contribution is -0.121. The largest absolute Gasteiger partial charge is 0.490 e. The summed E-state index contributed by atoms with van der Waals surface area (Å²) in [5.41, 5.74) is 3.54. The highest BCUT2D eigenvalue weighted by atomic mass is 32.1. The zero-order valence-corrected chi connectivity index (χ0v) is 37.3. The van der Waals surface area contributed by atoms with Crippen LogP contribution in [-0.2, 0) is 36.4 Å². The van der Waals surface area contributed by atoms with Gasteiger partial charge in [0, 0.05) is 50.9 Å². The predicted octanol–water partition coefficient (Wildman–Crippen LogP) is 2.54. The van der Waals surface area contributed by atoms with Crippen LogP contribution in [-0.4, -0.2) is 126 Å². The Labute approximate surface area is 358 Å². The van der Waals surface area contributed by atoms with Crippen molar-refractivity contribution in [2.75, 3.05) is 57.6 Å². The molecular formula is C35H49N9O14P3S+. The smallest absolute Gasteiger partial charge is 0.387 e. The summed E-state index contributed by atoms with van der Waals surface area (Å²) in [4.78, 5) is 69.9. The van der Waals surface area contributed by atoms with Crippen LogP contribution in [0.25, 0.3) is 32.0 Å². The zero-order valence-electron chi connectivity index (χ0n) is 33.8. The Bertz CT molecular complexity index is 2560. The number of imidazole rings is 1. The molecule has 6 rings (SSSR count). The van der Waals surface area contributed by atoms with Gasteiger partial charge in [0.05, 0.1) is 33.7 Å². The van der Waals surface area contributed by atoms with E-state index in [9.17, 15) is 38.5 Å². The number of nitrogens with zero attached hydrogens (tertiary/aromatic N) is 7. The molecule has 6 atom stereocenters. The molecule has 0 saturated carbocycles. The van der Waals surface area contributed by atoms with E-state index in [-0.39, 0.29) is 11.6 Å². The summed E-state index contributed by atoms with van der Waals surface area (Å²) in [5, 5.41) is 28.6. The van der Waals surface area contributed by atoms with E-state index in [0.717, 1.165) is 64.1 Å². The maximum absolute atomic E-state index is 12.5. The van der Waals surface area contributed by atoms with E-state index < -0.39 is 54.6 Å². The molecule has 3 aliphatic rings. The maximum atomic E-state index is 12.5. The van der Waals surface area contributed by atoms with Gasteiger partial charge in [0.15, 0.2) is 23.2 Å². The topological polar surface area (TPSA) is 313 Å². The molecule has 0 radical (unpaired) electrons. The van der Waals surface area contributed by atoms with Gasteiger partial charge in [-0.3, -0.25) is 13.9 Å². The minimum atomic E-state index is -5.76. The summed E-state index contributed by atoms with van der Waals surface area (Å²) in [5.74, 6) is 0.415. The van der Waals surface area contributed by atoms with E-state index >= 15 is 0 Å². The van der Waals surface area contributed by atoms with Gasteiger partial charge >= 0.3 is 23.5 Å². The molecule has 8 N–H and O–H groups in total. The number of fused-ring (bicyclic) bond motifs is 3. The van der Waals surface area contributed by atoms with Gasteiger partial charge in [-0.15, -0.1) is 11.3 Å². The summed E-state index contributed by atoms with van der Waals surface area (Å²) >= 11 is 1.72. The molecule has 3 aromatic rings. The first-order valence-corrected chi connectivity index (χ1v) is 24.7. The van der Waals surface area contributed by atoms with Gasteiger partial charge in [0.25, 0.3) is 0 Å². The van der Waals surface area contributed by atoms with Crippen LogP contribution in [0, 0.1) is 0 Å². The number of ether oxygens (including phenoxy) is 1. The summed E-state index contributed by atoms with van der Waals surface area (Å²) in [6, 6.07) is 12.5. The lowest BCUT2D eigenvalue weighted by Gasteiger charge is -2.19. The van der Waals surface area contributed by atoms with E-state index in [2.05, 4.69) is 78.5 Å². The maximum Gasteiger partial charge on any atom is 0.490 e. The summed E-state index contributed by atoms with van der Waals surface area (Å²) < 4.78 is 56.6. The number of nitrogens with one attached hydrogen (secondary N) is 2. The second-order valence-electron chi connectivity index (χ2n) is 14.6. The number of rotatable bonds is 21. The Hall–Kier alpha value is -3.83. The van der Waals surface area contributed by atoms with Crippen molar-refractivity contribution >= 4 is 73.6 Å².